The number of hydrogen-bond acceptors (Lipinski definition) is 5. The number of aromatic nitrogens is 1. The maximum Gasteiger partial charge on any atom is 0.416 e. The normalized spacial score (nSPS) is 19.0. The molecular weight excluding hydrogens is 509 g/mol. The maximum atomic E-state index is 12.7. The predicted octanol–water partition coefficient (Wildman–Crippen LogP) is 6.02. The first-order valence-corrected chi connectivity index (χ1v) is 13.0. The summed E-state index contributed by atoms with van der Waals surface area (Å²) in [7, 11) is 0. The summed E-state index contributed by atoms with van der Waals surface area (Å²) >= 11 is 0. The molecule has 0 saturated carbocycles. The molecule has 206 valence electrons. The zero-order valence-electron chi connectivity index (χ0n) is 22.1. The lowest BCUT2D eigenvalue weighted by Crippen LogP contribution is -2.50. The summed E-state index contributed by atoms with van der Waals surface area (Å²) in [6.07, 6.45) is -3.27. The van der Waals surface area contributed by atoms with Gasteiger partial charge >= 0.3 is 12.3 Å². The zero-order chi connectivity index (χ0) is 27.9. The molecule has 7 nitrogen and oxygen atoms in total. The molecule has 5 rings (SSSR count). The van der Waals surface area contributed by atoms with Crippen LogP contribution in [0.2, 0.25) is 0 Å². The number of alkyl halides is 3. The number of likely N-dealkylation sites (tertiary alicyclic amines) is 1. The SMILES string of the molecule is CC(C)(C)OC(=O)N1C[C@H]2C[C@H]1CN2c1ccc2cc(NC(=O)CCc3ccc(C(F)(F)F)cc3)ccc2n1. The molecule has 39 heavy (non-hydrogen) atoms. The highest BCUT2D eigenvalue weighted by atomic mass is 19.4. The van der Waals surface area contributed by atoms with Gasteiger partial charge in [0, 0.05) is 30.6 Å². The van der Waals surface area contributed by atoms with Crippen molar-refractivity contribution in [1.29, 1.82) is 0 Å². The molecule has 2 atom stereocenters. The van der Waals surface area contributed by atoms with Crippen LogP contribution in [0.25, 0.3) is 10.9 Å². The van der Waals surface area contributed by atoms with Crippen LogP contribution in [0.1, 0.15) is 44.7 Å². The van der Waals surface area contributed by atoms with Crippen LogP contribution in [0.4, 0.5) is 29.5 Å². The van der Waals surface area contributed by atoms with Crippen molar-refractivity contribution in [3.8, 4) is 0 Å². The summed E-state index contributed by atoms with van der Waals surface area (Å²) in [6.45, 7) is 6.91. The summed E-state index contributed by atoms with van der Waals surface area (Å²) in [6, 6.07) is 14.6. The summed E-state index contributed by atoms with van der Waals surface area (Å²) in [4.78, 5) is 33.9. The molecule has 2 bridgehead atoms. The predicted molar refractivity (Wildman–Crippen MR) is 143 cm³/mol. The molecule has 0 aliphatic carbocycles. The van der Waals surface area contributed by atoms with Crippen LogP contribution in [0, 0.1) is 0 Å². The quantitative estimate of drug-likeness (QED) is 0.428. The second-order valence-electron chi connectivity index (χ2n) is 11.1. The molecule has 2 aromatic carbocycles. The average Bonchev–Trinajstić information content (AvgIpc) is 3.47. The number of benzene rings is 2. The Labute approximate surface area is 224 Å². The van der Waals surface area contributed by atoms with E-state index in [1.54, 1.807) is 6.07 Å². The van der Waals surface area contributed by atoms with Gasteiger partial charge in [-0.25, -0.2) is 9.78 Å². The first kappa shape index (κ1) is 26.8. The van der Waals surface area contributed by atoms with Gasteiger partial charge in [-0.1, -0.05) is 12.1 Å². The average molecular weight is 541 g/mol. The second kappa shape index (κ2) is 10.1. The summed E-state index contributed by atoms with van der Waals surface area (Å²) in [5.74, 6) is 0.633. The van der Waals surface area contributed by atoms with Gasteiger partial charge in [-0.2, -0.15) is 13.2 Å². The summed E-state index contributed by atoms with van der Waals surface area (Å²) in [5, 5.41) is 3.73. The fourth-order valence-corrected chi connectivity index (χ4v) is 5.19. The van der Waals surface area contributed by atoms with Gasteiger partial charge in [0.25, 0.3) is 0 Å². The van der Waals surface area contributed by atoms with Gasteiger partial charge < -0.3 is 19.9 Å². The lowest BCUT2D eigenvalue weighted by molar-refractivity contribution is -0.137. The molecule has 2 amide bonds. The highest BCUT2D eigenvalue weighted by Crippen LogP contribution is 2.35. The van der Waals surface area contributed by atoms with Crippen molar-refractivity contribution >= 4 is 34.4 Å². The fourth-order valence-electron chi connectivity index (χ4n) is 5.19. The number of piperazine rings is 1. The van der Waals surface area contributed by atoms with E-state index in [1.807, 2.05) is 49.9 Å². The van der Waals surface area contributed by atoms with Gasteiger partial charge in [0.15, 0.2) is 0 Å². The molecule has 0 spiro atoms. The number of hydrogen-bond donors (Lipinski definition) is 1. The van der Waals surface area contributed by atoms with Crippen molar-refractivity contribution in [2.45, 2.75) is 63.9 Å². The number of halogens is 3. The molecule has 3 aromatic rings. The van der Waals surface area contributed by atoms with E-state index in [-0.39, 0.29) is 30.5 Å². The molecule has 2 aliphatic rings. The number of carbonyl (C=O) groups is 2. The van der Waals surface area contributed by atoms with Gasteiger partial charge in [0.1, 0.15) is 11.4 Å². The largest absolute Gasteiger partial charge is 0.444 e. The molecule has 1 N–H and O–H groups in total. The lowest BCUT2D eigenvalue weighted by Gasteiger charge is -2.35. The molecule has 0 radical (unpaired) electrons. The Kier molecular flexibility index (Phi) is 6.90. The van der Waals surface area contributed by atoms with E-state index < -0.39 is 17.3 Å². The molecule has 2 fully saturated rings. The van der Waals surface area contributed by atoms with E-state index in [2.05, 4.69) is 10.2 Å². The Morgan fingerprint density at radius 2 is 1.74 bits per heavy atom. The van der Waals surface area contributed by atoms with Crippen LogP contribution in [0.5, 0.6) is 0 Å². The van der Waals surface area contributed by atoms with E-state index in [4.69, 9.17) is 9.72 Å². The molecule has 3 heterocycles. The minimum Gasteiger partial charge on any atom is -0.444 e. The van der Waals surface area contributed by atoms with Crippen LogP contribution in [0.3, 0.4) is 0 Å². The van der Waals surface area contributed by atoms with Crippen LogP contribution < -0.4 is 10.2 Å². The summed E-state index contributed by atoms with van der Waals surface area (Å²) < 4.78 is 43.7. The number of amides is 2. The number of ether oxygens (including phenoxy) is 1. The van der Waals surface area contributed by atoms with Crippen LogP contribution >= 0.6 is 0 Å². The third-order valence-corrected chi connectivity index (χ3v) is 7.04. The van der Waals surface area contributed by atoms with E-state index in [0.29, 0.717) is 30.8 Å². The molecule has 1 aromatic heterocycles. The van der Waals surface area contributed by atoms with Crippen molar-refractivity contribution in [1.82, 2.24) is 9.88 Å². The van der Waals surface area contributed by atoms with Crippen LogP contribution in [-0.4, -0.2) is 52.7 Å². The Morgan fingerprint density at radius 3 is 2.38 bits per heavy atom. The van der Waals surface area contributed by atoms with Crippen molar-refractivity contribution in [2.24, 2.45) is 0 Å². The molecule has 2 saturated heterocycles. The molecule has 2 aliphatic heterocycles. The van der Waals surface area contributed by atoms with Crippen LogP contribution in [-0.2, 0) is 22.1 Å². The standard InChI is InChI=1S/C29H31F3N4O3/c1-28(2,3)39-27(38)36-17-22-15-23(36)16-35(22)25-12-7-19-14-21(10-11-24(19)34-25)33-26(37)13-6-18-4-8-20(9-5-18)29(30,31)32/h4-5,7-12,14,22-23H,6,13,15-17H2,1-3H3,(H,33,37)/t22-,23+/m1/s1. The Morgan fingerprint density at radius 1 is 1.00 bits per heavy atom. The molecule has 10 heteroatoms. The lowest BCUT2D eigenvalue weighted by atomic mass is 10.1. The van der Waals surface area contributed by atoms with Gasteiger partial charge in [0.2, 0.25) is 5.91 Å². The smallest absolute Gasteiger partial charge is 0.416 e. The van der Waals surface area contributed by atoms with Crippen molar-refractivity contribution < 1.29 is 27.5 Å². The van der Waals surface area contributed by atoms with Gasteiger partial charge in [0.05, 0.1) is 23.2 Å². The highest BCUT2D eigenvalue weighted by Gasteiger charge is 2.47. The summed E-state index contributed by atoms with van der Waals surface area (Å²) in [5.41, 5.74) is 0.856. The molecule has 0 unspecified atom stereocenters. The number of pyridine rings is 1. The van der Waals surface area contributed by atoms with E-state index in [9.17, 15) is 22.8 Å². The number of fused-ring (bicyclic) bond motifs is 3. The van der Waals surface area contributed by atoms with Gasteiger partial charge in [-0.3, -0.25) is 4.79 Å². The number of rotatable bonds is 5. The van der Waals surface area contributed by atoms with Crippen molar-refractivity contribution in [2.75, 3.05) is 23.3 Å². The third-order valence-electron chi connectivity index (χ3n) is 7.04. The van der Waals surface area contributed by atoms with E-state index in [0.717, 1.165) is 35.3 Å². The maximum absolute atomic E-state index is 12.7. The van der Waals surface area contributed by atoms with Crippen LogP contribution in [0.15, 0.2) is 54.6 Å². The minimum absolute atomic E-state index is 0.0995. The van der Waals surface area contributed by atoms with Crippen molar-refractivity contribution in [3.63, 3.8) is 0 Å². The number of aryl methyl sites for hydroxylation is 1. The third kappa shape index (κ3) is 6.10. The fraction of sp³-hybridized carbons (Fsp3) is 0.414. The number of nitrogens with one attached hydrogen (secondary N) is 1. The number of nitrogens with zero attached hydrogens (tertiary/aromatic N) is 3. The Hall–Kier alpha value is -3.82. The zero-order valence-corrected chi connectivity index (χ0v) is 22.1. The van der Waals surface area contributed by atoms with Crippen molar-refractivity contribution in [3.05, 3.63) is 65.7 Å². The van der Waals surface area contributed by atoms with Gasteiger partial charge in [-0.05, 0) is 81.6 Å². The van der Waals surface area contributed by atoms with E-state index >= 15 is 0 Å². The monoisotopic (exact) mass is 540 g/mol. The molecular formula is C29H31F3N4O3. The highest BCUT2D eigenvalue weighted by molar-refractivity contribution is 5.94. The van der Waals surface area contributed by atoms with Gasteiger partial charge in [-0.15, -0.1) is 0 Å². The Balaban J connectivity index is 1.17. The first-order chi connectivity index (χ1) is 18.4. The van der Waals surface area contributed by atoms with E-state index in [1.165, 1.54) is 12.1 Å². The minimum atomic E-state index is -4.38. The Bertz CT molecular complexity index is 1390. The number of anilines is 2. The first-order valence-electron chi connectivity index (χ1n) is 13.0. The topological polar surface area (TPSA) is 74.8 Å². The second-order valence-corrected chi connectivity index (χ2v) is 11.1. The number of carbonyl (C=O) groups excluding carboxylic acids is 2.